The Morgan fingerprint density at radius 3 is 2.70 bits per heavy atom. The lowest BCUT2D eigenvalue weighted by molar-refractivity contribution is -0.152. The van der Waals surface area contributed by atoms with E-state index < -0.39 is 12.1 Å². The number of amides is 4. The number of anilines is 1. The van der Waals surface area contributed by atoms with Crippen LogP contribution in [-0.2, 0) is 16.0 Å². The summed E-state index contributed by atoms with van der Waals surface area (Å²) >= 11 is 0. The molecular weight excluding hydrogens is 384 g/mol. The van der Waals surface area contributed by atoms with Crippen molar-refractivity contribution in [2.45, 2.75) is 18.5 Å². The predicted octanol–water partition coefficient (Wildman–Crippen LogP) is 1.48. The molecule has 2 atom stereocenters. The molecule has 0 aromatic heterocycles. The van der Waals surface area contributed by atoms with Crippen LogP contribution in [0.3, 0.4) is 0 Å². The molecule has 8 heteroatoms. The molecule has 2 fully saturated rings. The molecule has 2 aliphatic heterocycles. The Bertz CT molecular complexity index is 949. The second-order valence-electron chi connectivity index (χ2n) is 7.41. The Kier molecular flexibility index (Phi) is 5.56. The molecule has 0 radical (unpaired) electrons. The standard InChI is InChI=1S/C22H24N4O4/c1-30-17-9-5-8-16(13-17)23-22(29)25-10-11-26-19(14-25)20(27)24-18(21(26)28)12-15-6-3-2-4-7-15/h2-9,13,18-19H,10-12,14H2,1H3,(H,23,29)(H,24,27)/t18-,19-/m1/s1. The smallest absolute Gasteiger partial charge is 0.321 e. The molecule has 0 unspecified atom stereocenters. The fourth-order valence-corrected chi connectivity index (χ4v) is 3.88. The quantitative estimate of drug-likeness (QED) is 0.802. The summed E-state index contributed by atoms with van der Waals surface area (Å²) in [5, 5.41) is 5.65. The normalized spacial score (nSPS) is 21.0. The first-order valence-electron chi connectivity index (χ1n) is 9.90. The number of ether oxygens (including phenoxy) is 1. The Morgan fingerprint density at radius 2 is 1.93 bits per heavy atom. The molecule has 0 bridgehead atoms. The van der Waals surface area contributed by atoms with Crippen LogP contribution in [0.25, 0.3) is 0 Å². The van der Waals surface area contributed by atoms with Gasteiger partial charge in [-0.25, -0.2) is 4.79 Å². The number of fused-ring (bicyclic) bond motifs is 1. The molecule has 30 heavy (non-hydrogen) atoms. The van der Waals surface area contributed by atoms with E-state index in [9.17, 15) is 14.4 Å². The van der Waals surface area contributed by atoms with Gasteiger partial charge in [0.25, 0.3) is 0 Å². The van der Waals surface area contributed by atoms with E-state index in [0.717, 1.165) is 5.56 Å². The van der Waals surface area contributed by atoms with Crippen molar-refractivity contribution in [3.05, 3.63) is 60.2 Å². The van der Waals surface area contributed by atoms with Gasteiger partial charge in [-0.15, -0.1) is 0 Å². The average Bonchev–Trinajstić information content (AvgIpc) is 2.77. The van der Waals surface area contributed by atoms with E-state index >= 15 is 0 Å². The molecule has 0 aliphatic carbocycles. The van der Waals surface area contributed by atoms with E-state index in [0.29, 0.717) is 30.9 Å². The molecule has 2 aromatic carbocycles. The number of methoxy groups -OCH3 is 1. The van der Waals surface area contributed by atoms with Gasteiger partial charge in [-0.3, -0.25) is 9.59 Å². The maximum Gasteiger partial charge on any atom is 0.321 e. The van der Waals surface area contributed by atoms with E-state index in [-0.39, 0.29) is 24.4 Å². The minimum absolute atomic E-state index is 0.101. The number of carbonyl (C=O) groups excluding carboxylic acids is 3. The van der Waals surface area contributed by atoms with Crippen molar-refractivity contribution < 1.29 is 19.1 Å². The molecule has 2 N–H and O–H groups in total. The Hall–Kier alpha value is -3.55. The number of rotatable bonds is 4. The molecular formula is C22H24N4O4. The molecule has 8 nitrogen and oxygen atoms in total. The van der Waals surface area contributed by atoms with Gasteiger partial charge in [0.05, 0.1) is 13.7 Å². The number of benzene rings is 2. The summed E-state index contributed by atoms with van der Waals surface area (Å²) in [4.78, 5) is 41.5. The average molecular weight is 408 g/mol. The van der Waals surface area contributed by atoms with Crippen LogP contribution in [0.2, 0.25) is 0 Å². The maximum atomic E-state index is 12.9. The minimum atomic E-state index is -0.672. The fourth-order valence-electron chi connectivity index (χ4n) is 3.88. The van der Waals surface area contributed by atoms with Crippen LogP contribution < -0.4 is 15.4 Å². The highest BCUT2D eigenvalue weighted by Crippen LogP contribution is 2.21. The molecule has 2 heterocycles. The molecule has 2 aliphatic rings. The van der Waals surface area contributed by atoms with Crippen molar-refractivity contribution in [2.24, 2.45) is 0 Å². The molecule has 0 spiro atoms. The summed E-state index contributed by atoms with van der Waals surface area (Å²) < 4.78 is 5.17. The van der Waals surface area contributed by atoms with Gasteiger partial charge in [-0.2, -0.15) is 0 Å². The van der Waals surface area contributed by atoms with Crippen molar-refractivity contribution in [1.29, 1.82) is 0 Å². The van der Waals surface area contributed by atoms with E-state index in [1.165, 1.54) is 0 Å². The van der Waals surface area contributed by atoms with Crippen LogP contribution in [0.5, 0.6) is 5.75 Å². The molecule has 4 rings (SSSR count). The lowest BCUT2D eigenvalue weighted by Gasteiger charge is -2.45. The first kappa shape index (κ1) is 19.8. The first-order valence-corrected chi connectivity index (χ1v) is 9.90. The van der Waals surface area contributed by atoms with Crippen LogP contribution in [0.1, 0.15) is 5.56 Å². The maximum absolute atomic E-state index is 12.9. The van der Waals surface area contributed by atoms with Gasteiger partial charge in [0, 0.05) is 31.3 Å². The number of hydrogen-bond acceptors (Lipinski definition) is 4. The lowest BCUT2D eigenvalue weighted by Crippen LogP contribution is -2.70. The summed E-state index contributed by atoms with van der Waals surface area (Å²) in [7, 11) is 1.56. The first-order chi connectivity index (χ1) is 14.5. The van der Waals surface area contributed by atoms with Crippen molar-refractivity contribution in [2.75, 3.05) is 32.1 Å². The molecule has 0 saturated carbocycles. The Morgan fingerprint density at radius 1 is 1.13 bits per heavy atom. The van der Waals surface area contributed by atoms with Gasteiger partial charge in [0.2, 0.25) is 11.8 Å². The number of carbonyl (C=O) groups is 3. The molecule has 2 aromatic rings. The van der Waals surface area contributed by atoms with Gasteiger partial charge in [-0.05, 0) is 17.7 Å². The topological polar surface area (TPSA) is 91.0 Å². The van der Waals surface area contributed by atoms with Crippen LogP contribution in [-0.4, -0.2) is 66.5 Å². The van der Waals surface area contributed by atoms with Crippen molar-refractivity contribution in [3.8, 4) is 5.75 Å². The van der Waals surface area contributed by atoms with Gasteiger partial charge < -0.3 is 25.2 Å². The number of urea groups is 1. The second kappa shape index (κ2) is 8.44. The Labute approximate surface area is 174 Å². The SMILES string of the molecule is COc1cccc(NC(=O)N2CCN3C(=O)[C@@H](Cc4ccccc4)NC(=O)[C@H]3C2)c1. The third-order valence-corrected chi connectivity index (χ3v) is 5.47. The summed E-state index contributed by atoms with van der Waals surface area (Å²) in [6.45, 7) is 0.850. The molecule has 2 saturated heterocycles. The monoisotopic (exact) mass is 408 g/mol. The zero-order valence-electron chi connectivity index (χ0n) is 16.7. The second-order valence-corrected chi connectivity index (χ2v) is 7.41. The van der Waals surface area contributed by atoms with Crippen LogP contribution >= 0.6 is 0 Å². The minimum Gasteiger partial charge on any atom is -0.497 e. The number of nitrogens with zero attached hydrogens (tertiary/aromatic N) is 2. The largest absolute Gasteiger partial charge is 0.497 e. The predicted molar refractivity (Wildman–Crippen MR) is 111 cm³/mol. The van der Waals surface area contributed by atoms with Crippen LogP contribution in [0.4, 0.5) is 10.5 Å². The van der Waals surface area contributed by atoms with Gasteiger partial charge >= 0.3 is 6.03 Å². The fraction of sp³-hybridized carbons (Fsp3) is 0.318. The highest BCUT2D eigenvalue weighted by atomic mass is 16.5. The van der Waals surface area contributed by atoms with E-state index in [1.54, 1.807) is 41.2 Å². The van der Waals surface area contributed by atoms with Crippen molar-refractivity contribution in [3.63, 3.8) is 0 Å². The highest BCUT2D eigenvalue weighted by molar-refractivity contribution is 5.98. The van der Waals surface area contributed by atoms with Gasteiger partial charge in [-0.1, -0.05) is 36.4 Å². The Balaban J connectivity index is 1.40. The van der Waals surface area contributed by atoms with Crippen molar-refractivity contribution >= 4 is 23.5 Å². The number of piperazine rings is 2. The van der Waals surface area contributed by atoms with E-state index in [1.807, 2.05) is 30.3 Å². The molecule has 156 valence electrons. The summed E-state index contributed by atoms with van der Waals surface area (Å²) in [6.07, 6.45) is 0.453. The lowest BCUT2D eigenvalue weighted by atomic mass is 9.99. The van der Waals surface area contributed by atoms with Gasteiger partial charge in [0.15, 0.2) is 0 Å². The van der Waals surface area contributed by atoms with E-state index in [2.05, 4.69) is 10.6 Å². The van der Waals surface area contributed by atoms with Gasteiger partial charge in [0.1, 0.15) is 17.8 Å². The van der Waals surface area contributed by atoms with Crippen molar-refractivity contribution in [1.82, 2.24) is 15.1 Å². The highest BCUT2D eigenvalue weighted by Gasteiger charge is 2.44. The third kappa shape index (κ3) is 4.07. The summed E-state index contributed by atoms with van der Waals surface area (Å²) in [6, 6.07) is 15.1. The number of nitrogens with one attached hydrogen (secondary N) is 2. The van der Waals surface area contributed by atoms with E-state index in [4.69, 9.17) is 4.74 Å². The number of hydrogen-bond donors (Lipinski definition) is 2. The molecule has 4 amide bonds. The summed E-state index contributed by atoms with van der Waals surface area (Å²) in [5.41, 5.74) is 1.60. The summed E-state index contributed by atoms with van der Waals surface area (Å²) in [5.74, 6) is 0.310. The zero-order valence-corrected chi connectivity index (χ0v) is 16.7. The third-order valence-electron chi connectivity index (χ3n) is 5.47. The zero-order chi connectivity index (χ0) is 21.1. The van der Waals surface area contributed by atoms with Crippen LogP contribution in [0, 0.1) is 0 Å². The van der Waals surface area contributed by atoms with Crippen LogP contribution in [0.15, 0.2) is 54.6 Å².